The summed E-state index contributed by atoms with van der Waals surface area (Å²) in [4.78, 5) is 18.6. The lowest BCUT2D eigenvalue weighted by Gasteiger charge is -2.33. The summed E-state index contributed by atoms with van der Waals surface area (Å²) in [5.41, 5.74) is 2.59. The zero-order valence-electron chi connectivity index (χ0n) is 15.2. The monoisotopic (exact) mass is 396 g/mol. The Labute approximate surface area is 168 Å². The number of benzene rings is 1. The first-order chi connectivity index (χ1) is 13.7. The number of pyridine rings is 1. The van der Waals surface area contributed by atoms with Crippen LogP contribution in [0.25, 0.3) is 11.3 Å². The number of nitrogens with zero attached hydrogens (tertiary/aromatic N) is 3. The van der Waals surface area contributed by atoms with Crippen LogP contribution in [-0.2, 0) is 0 Å². The number of aromatic amines is 1. The van der Waals surface area contributed by atoms with Crippen LogP contribution in [0.3, 0.4) is 0 Å². The van der Waals surface area contributed by atoms with Gasteiger partial charge in [-0.15, -0.1) is 0 Å². The van der Waals surface area contributed by atoms with E-state index >= 15 is 0 Å². The van der Waals surface area contributed by atoms with Gasteiger partial charge in [0, 0.05) is 43.2 Å². The summed E-state index contributed by atoms with van der Waals surface area (Å²) in [6.07, 6.45) is 5.42. The van der Waals surface area contributed by atoms with Gasteiger partial charge in [-0.1, -0.05) is 23.7 Å². The van der Waals surface area contributed by atoms with E-state index < -0.39 is 0 Å². The number of carbonyl (C=O) groups excluding carboxylic acids is 1. The Kier molecular flexibility index (Phi) is 5.43. The molecule has 28 heavy (non-hydrogen) atoms. The lowest BCUT2D eigenvalue weighted by atomic mass is 10.1. The van der Waals surface area contributed by atoms with Crippen LogP contribution >= 0.6 is 11.6 Å². The molecule has 2 aromatic heterocycles. The second kappa shape index (κ2) is 8.31. The first kappa shape index (κ1) is 18.3. The zero-order chi connectivity index (χ0) is 19.3. The lowest BCUT2D eigenvalue weighted by molar-refractivity contribution is 0.246. The molecule has 0 bridgehead atoms. The molecule has 1 saturated heterocycles. The van der Waals surface area contributed by atoms with Crippen LogP contribution in [-0.4, -0.2) is 40.3 Å². The standard InChI is InChI=1S/C20H21ClN6O/c21-16-5-1-2-6-17(16)24-20(28)23-15-4-3-11-27(13-15)19-12-18(25-26-19)14-7-9-22-10-8-14/h1-2,5-10,12,15H,3-4,11,13H2,(H,25,26)(H2,23,24,28). The molecule has 3 aromatic rings. The summed E-state index contributed by atoms with van der Waals surface area (Å²) in [6, 6.07) is 12.9. The molecule has 0 saturated carbocycles. The first-order valence-corrected chi connectivity index (χ1v) is 9.59. The number of urea groups is 1. The maximum absolute atomic E-state index is 12.3. The molecule has 144 valence electrons. The third-order valence-electron chi connectivity index (χ3n) is 4.76. The molecule has 1 aliphatic rings. The van der Waals surface area contributed by atoms with E-state index in [-0.39, 0.29) is 12.1 Å². The van der Waals surface area contributed by atoms with Crippen molar-refractivity contribution in [1.29, 1.82) is 0 Å². The third kappa shape index (κ3) is 4.26. The molecule has 0 spiro atoms. The van der Waals surface area contributed by atoms with Gasteiger partial charge in [-0.2, -0.15) is 5.10 Å². The topological polar surface area (TPSA) is 85.9 Å². The van der Waals surface area contributed by atoms with Crippen molar-refractivity contribution in [3.8, 4) is 11.3 Å². The van der Waals surface area contributed by atoms with Gasteiger partial charge in [0.1, 0.15) is 0 Å². The smallest absolute Gasteiger partial charge is 0.319 e. The predicted molar refractivity (Wildman–Crippen MR) is 111 cm³/mol. The zero-order valence-corrected chi connectivity index (χ0v) is 16.0. The summed E-state index contributed by atoms with van der Waals surface area (Å²) in [5, 5.41) is 13.9. The molecule has 1 aliphatic heterocycles. The second-order valence-electron chi connectivity index (χ2n) is 6.74. The molecule has 1 atom stereocenters. The number of amides is 2. The maximum atomic E-state index is 12.3. The molecular formula is C20H21ClN6O. The van der Waals surface area contributed by atoms with Crippen molar-refractivity contribution < 1.29 is 4.79 Å². The minimum atomic E-state index is -0.251. The van der Waals surface area contributed by atoms with Gasteiger partial charge >= 0.3 is 6.03 Å². The highest BCUT2D eigenvalue weighted by Crippen LogP contribution is 2.24. The number of aromatic nitrogens is 3. The number of carbonyl (C=O) groups is 1. The van der Waals surface area contributed by atoms with Crippen LogP contribution in [0.5, 0.6) is 0 Å². The summed E-state index contributed by atoms with van der Waals surface area (Å²) in [6.45, 7) is 1.61. The van der Waals surface area contributed by atoms with E-state index in [0.29, 0.717) is 17.3 Å². The van der Waals surface area contributed by atoms with E-state index in [1.165, 1.54) is 0 Å². The molecule has 3 heterocycles. The molecule has 1 fully saturated rings. The molecule has 2 amide bonds. The van der Waals surface area contributed by atoms with Crippen molar-refractivity contribution in [3.05, 3.63) is 59.9 Å². The largest absolute Gasteiger partial charge is 0.353 e. The average molecular weight is 397 g/mol. The number of hydrogen-bond acceptors (Lipinski definition) is 4. The van der Waals surface area contributed by atoms with E-state index in [4.69, 9.17) is 11.6 Å². The molecule has 4 rings (SSSR count). The van der Waals surface area contributed by atoms with E-state index in [9.17, 15) is 4.79 Å². The normalized spacial score (nSPS) is 16.6. The van der Waals surface area contributed by atoms with Crippen molar-refractivity contribution in [2.75, 3.05) is 23.3 Å². The summed E-state index contributed by atoms with van der Waals surface area (Å²) in [7, 11) is 0. The maximum Gasteiger partial charge on any atom is 0.319 e. The highest BCUT2D eigenvalue weighted by atomic mass is 35.5. The van der Waals surface area contributed by atoms with Crippen LogP contribution in [0.2, 0.25) is 5.02 Å². The molecule has 0 aliphatic carbocycles. The highest BCUT2D eigenvalue weighted by molar-refractivity contribution is 6.33. The Morgan fingerprint density at radius 1 is 1.21 bits per heavy atom. The Hall–Kier alpha value is -3.06. The van der Waals surface area contributed by atoms with Crippen molar-refractivity contribution in [2.24, 2.45) is 0 Å². The average Bonchev–Trinajstić information content (AvgIpc) is 3.21. The van der Waals surface area contributed by atoms with Crippen LogP contribution < -0.4 is 15.5 Å². The van der Waals surface area contributed by atoms with E-state index in [1.54, 1.807) is 24.5 Å². The lowest BCUT2D eigenvalue weighted by Crippen LogP contribution is -2.49. The number of hydrogen-bond donors (Lipinski definition) is 3. The molecule has 0 radical (unpaired) electrons. The van der Waals surface area contributed by atoms with Gasteiger partial charge in [0.15, 0.2) is 5.82 Å². The fourth-order valence-electron chi connectivity index (χ4n) is 3.36. The Morgan fingerprint density at radius 3 is 2.86 bits per heavy atom. The molecule has 3 N–H and O–H groups in total. The Bertz CT molecular complexity index is 945. The summed E-state index contributed by atoms with van der Waals surface area (Å²) >= 11 is 6.10. The summed E-state index contributed by atoms with van der Waals surface area (Å²) in [5.74, 6) is 0.879. The fraction of sp³-hybridized carbons (Fsp3) is 0.250. The van der Waals surface area contributed by atoms with Gasteiger partial charge in [-0.3, -0.25) is 10.1 Å². The van der Waals surface area contributed by atoms with E-state index in [1.807, 2.05) is 30.3 Å². The fourth-order valence-corrected chi connectivity index (χ4v) is 3.54. The molecular weight excluding hydrogens is 376 g/mol. The quantitative estimate of drug-likeness (QED) is 0.624. The number of para-hydroxylation sites is 1. The molecule has 1 unspecified atom stereocenters. The van der Waals surface area contributed by atoms with E-state index in [2.05, 4.69) is 30.7 Å². The van der Waals surface area contributed by atoms with E-state index in [0.717, 1.165) is 36.5 Å². The summed E-state index contributed by atoms with van der Waals surface area (Å²) < 4.78 is 0. The second-order valence-corrected chi connectivity index (χ2v) is 7.15. The number of anilines is 2. The van der Waals surface area contributed by atoms with Gasteiger partial charge in [0.2, 0.25) is 0 Å². The molecule has 8 heteroatoms. The van der Waals surface area contributed by atoms with Crippen LogP contribution in [0.15, 0.2) is 54.9 Å². The van der Waals surface area contributed by atoms with Gasteiger partial charge in [-0.05, 0) is 37.1 Å². The molecule has 1 aromatic carbocycles. The Balaban J connectivity index is 1.37. The first-order valence-electron chi connectivity index (χ1n) is 9.22. The van der Waals surface area contributed by atoms with Crippen LogP contribution in [0, 0.1) is 0 Å². The van der Waals surface area contributed by atoms with Crippen LogP contribution in [0.1, 0.15) is 12.8 Å². The third-order valence-corrected chi connectivity index (χ3v) is 5.09. The highest BCUT2D eigenvalue weighted by Gasteiger charge is 2.23. The van der Waals surface area contributed by atoms with Gasteiger partial charge in [-0.25, -0.2) is 4.79 Å². The van der Waals surface area contributed by atoms with Gasteiger partial charge < -0.3 is 15.5 Å². The van der Waals surface area contributed by atoms with Gasteiger partial charge in [0.05, 0.1) is 16.4 Å². The van der Waals surface area contributed by atoms with Gasteiger partial charge in [0.25, 0.3) is 0 Å². The number of H-pyrrole nitrogens is 1. The number of piperidine rings is 1. The van der Waals surface area contributed by atoms with Crippen molar-refractivity contribution in [2.45, 2.75) is 18.9 Å². The van der Waals surface area contributed by atoms with Crippen molar-refractivity contribution in [1.82, 2.24) is 20.5 Å². The van der Waals surface area contributed by atoms with Crippen molar-refractivity contribution in [3.63, 3.8) is 0 Å². The van der Waals surface area contributed by atoms with Crippen LogP contribution in [0.4, 0.5) is 16.3 Å². The Morgan fingerprint density at radius 2 is 2.04 bits per heavy atom. The number of rotatable bonds is 4. The number of halogens is 1. The van der Waals surface area contributed by atoms with Crippen molar-refractivity contribution >= 4 is 29.1 Å². The minimum Gasteiger partial charge on any atom is -0.353 e. The molecule has 7 nitrogen and oxygen atoms in total. The number of nitrogens with one attached hydrogen (secondary N) is 3. The predicted octanol–water partition coefficient (Wildman–Crippen LogP) is 3.92. The minimum absolute atomic E-state index is 0.0392. The SMILES string of the molecule is O=C(Nc1ccccc1Cl)NC1CCCN(c2cc(-c3ccncc3)[nH]n2)C1.